The average Bonchev–Trinajstić information content (AvgIpc) is 3.32. The van der Waals surface area contributed by atoms with Crippen molar-refractivity contribution >= 4 is 30.4 Å². The molecule has 1 amide bonds. The lowest BCUT2D eigenvalue weighted by Crippen LogP contribution is -2.29. The molecule has 0 aromatic heterocycles. The van der Waals surface area contributed by atoms with E-state index >= 15 is 0 Å². The van der Waals surface area contributed by atoms with Crippen molar-refractivity contribution in [2.75, 3.05) is 44.8 Å². The second-order valence-corrected chi connectivity index (χ2v) is 7.42. The molecule has 0 unspecified atom stereocenters. The minimum atomic E-state index is -0.855. The predicted molar refractivity (Wildman–Crippen MR) is 125 cm³/mol. The van der Waals surface area contributed by atoms with Gasteiger partial charge in [0.1, 0.15) is 18.5 Å². The van der Waals surface area contributed by atoms with Crippen molar-refractivity contribution in [3.8, 4) is 17.2 Å². The number of rotatable bonds is 12. The van der Waals surface area contributed by atoms with Crippen LogP contribution < -0.4 is 19.5 Å². The van der Waals surface area contributed by atoms with Gasteiger partial charge in [-0.1, -0.05) is 12.1 Å². The van der Waals surface area contributed by atoms with E-state index in [1.165, 1.54) is 7.11 Å². The van der Waals surface area contributed by atoms with Gasteiger partial charge in [0.25, 0.3) is 0 Å². The Morgan fingerprint density at radius 1 is 1.15 bits per heavy atom. The second kappa shape index (κ2) is 12.9. The average molecular weight is 494 g/mol. The Bertz CT molecular complexity index is 971. The predicted octanol–water partition coefficient (Wildman–Crippen LogP) is 2.95. The van der Waals surface area contributed by atoms with E-state index < -0.39 is 24.3 Å². The minimum absolute atomic E-state index is 0.0419. The van der Waals surface area contributed by atoms with E-state index in [1.807, 2.05) is 0 Å². The summed E-state index contributed by atoms with van der Waals surface area (Å²) in [5, 5.41) is 11.7. The number of anilines is 1. The summed E-state index contributed by atoms with van der Waals surface area (Å²) in [6, 6.07) is 11.9. The lowest BCUT2D eigenvalue weighted by Gasteiger charge is -2.27. The molecule has 3 rings (SSSR count). The second-order valence-electron chi connectivity index (χ2n) is 7.10. The molecular weight excluding hydrogens is 466 g/mol. The summed E-state index contributed by atoms with van der Waals surface area (Å²) in [5.74, 6) is 1.10. The third kappa shape index (κ3) is 7.17. The Kier molecular flexibility index (Phi) is 9.68. The molecule has 0 radical (unpaired) electrons. The number of hydrogen-bond acceptors (Lipinski definition) is 10. The van der Waals surface area contributed by atoms with Gasteiger partial charge in [-0.15, -0.1) is 0 Å². The van der Waals surface area contributed by atoms with Crippen molar-refractivity contribution in [1.29, 1.82) is 0 Å². The number of fused-ring (bicyclic) bond motifs is 1. The number of carbonyl (C=O) groups is 2. The molecule has 1 heterocycles. The molecule has 0 fully saturated rings. The molecule has 0 saturated carbocycles. The molecule has 11 heteroatoms. The zero-order valence-electron chi connectivity index (χ0n) is 18.6. The lowest BCUT2D eigenvalue weighted by molar-refractivity contribution is -0.141. The van der Waals surface area contributed by atoms with Crippen LogP contribution in [0.25, 0.3) is 0 Å². The first-order chi connectivity index (χ1) is 16.5. The van der Waals surface area contributed by atoms with Gasteiger partial charge in [-0.25, -0.2) is 4.79 Å². The molecule has 184 valence electrons. The van der Waals surface area contributed by atoms with E-state index in [1.54, 1.807) is 42.5 Å². The first kappa shape index (κ1) is 25.5. The highest BCUT2D eigenvalue weighted by Gasteiger charge is 2.28. The summed E-state index contributed by atoms with van der Waals surface area (Å²) in [6.07, 6.45) is -1.95. The summed E-state index contributed by atoms with van der Waals surface area (Å²) in [4.78, 5) is 24.2. The zero-order valence-corrected chi connectivity index (χ0v) is 19.5. The lowest BCUT2D eigenvalue weighted by atomic mass is 10.0. The SMILES string of the molecule is CO[C@H](CCOC(=O)CS)[C@H](OC(=O)Nc1ccc2c(c1)OCO2)c1cccc(OCCO)c1. The summed E-state index contributed by atoms with van der Waals surface area (Å²) in [7, 11) is 1.48. The molecule has 1 aliphatic heterocycles. The number of ether oxygens (including phenoxy) is 6. The molecular formula is C23H27NO9S. The number of amides is 1. The Hall–Kier alpha value is -3.15. The molecule has 34 heavy (non-hydrogen) atoms. The van der Waals surface area contributed by atoms with E-state index in [0.717, 1.165) is 0 Å². The quantitative estimate of drug-likeness (QED) is 0.303. The highest BCUT2D eigenvalue weighted by Crippen LogP contribution is 2.35. The van der Waals surface area contributed by atoms with Crippen LogP contribution in [0, 0.1) is 0 Å². The van der Waals surface area contributed by atoms with Gasteiger partial charge in [0.15, 0.2) is 17.6 Å². The van der Waals surface area contributed by atoms with Crippen molar-refractivity contribution < 1.29 is 43.1 Å². The molecule has 0 aliphatic carbocycles. The Morgan fingerprint density at radius 2 is 1.97 bits per heavy atom. The van der Waals surface area contributed by atoms with E-state index in [2.05, 4.69) is 17.9 Å². The minimum Gasteiger partial charge on any atom is -0.491 e. The first-order valence-electron chi connectivity index (χ1n) is 10.5. The van der Waals surface area contributed by atoms with Crippen LogP contribution in [-0.2, 0) is 19.0 Å². The van der Waals surface area contributed by atoms with Crippen molar-refractivity contribution in [3.63, 3.8) is 0 Å². The van der Waals surface area contributed by atoms with Crippen LogP contribution in [-0.4, -0.2) is 62.7 Å². The van der Waals surface area contributed by atoms with Crippen molar-refractivity contribution in [2.45, 2.75) is 18.6 Å². The largest absolute Gasteiger partial charge is 0.491 e. The highest BCUT2D eigenvalue weighted by atomic mass is 32.1. The third-order valence-corrected chi connectivity index (χ3v) is 5.09. The van der Waals surface area contributed by atoms with E-state index in [0.29, 0.717) is 28.5 Å². The van der Waals surface area contributed by atoms with Gasteiger partial charge in [0, 0.05) is 25.3 Å². The van der Waals surface area contributed by atoms with Crippen molar-refractivity contribution in [1.82, 2.24) is 0 Å². The van der Waals surface area contributed by atoms with E-state index in [9.17, 15) is 9.59 Å². The fourth-order valence-electron chi connectivity index (χ4n) is 3.27. The number of hydrogen-bond donors (Lipinski definition) is 3. The number of benzene rings is 2. The normalized spacial score (nSPS) is 13.6. The zero-order chi connectivity index (χ0) is 24.3. The fourth-order valence-corrected chi connectivity index (χ4v) is 3.36. The molecule has 2 atom stereocenters. The smallest absolute Gasteiger partial charge is 0.412 e. The van der Waals surface area contributed by atoms with Gasteiger partial charge in [0.2, 0.25) is 6.79 Å². The van der Waals surface area contributed by atoms with Crippen LogP contribution in [0.1, 0.15) is 18.1 Å². The van der Waals surface area contributed by atoms with E-state index in [4.69, 9.17) is 33.5 Å². The maximum absolute atomic E-state index is 12.8. The molecule has 10 nitrogen and oxygen atoms in total. The summed E-state index contributed by atoms with van der Waals surface area (Å²) < 4.78 is 32.5. The maximum atomic E-state index is 12.8. The van der Waals surface area contributed by atoms with Crippen LogP contribution in [0.2, 0.25) is 0 Å². The van der Waals surface area contributed by atoms with Crippen LogP contribution in [0.3, 0.4) is 0 Å². The molecule has 2 aromatic rings. The molecule has 1 aliphatic rings. The number of nitrogens with one attached hydrogen (secondary N) is 1. The summed E-state index contributed by atoms with van der Waals surface area (Å²) in [6.45, 7) is 0.155. The number of esters is 1. The Balaban J connectivity index is 1.75. The Labute approximate surface area is 202 Å². The number of aliphatic hydroxyl groups excluding tert-OH is 1. The van der Waals surface area contributed by atoms with E-state index in [-0.39, 0.29) is 38.8 Å². The summed E-state index contributed by atoms with van der Waals surface area (Å²) in [5.41, 5.74) is 1.06. The topological polar surface area (TPSA) is 122 Å². The number of methoxy groups -OCH3 is 1. The fraction of sp³-hybridized carbons (Fsp3) is 0.391. The number of aliphatic hydroxyl groups is 1. The third-order valence-electron chi connectivity index (χ3n) is 4.83. The molecule has 0 saturated heterocycles. The molecule has 2 N–H and O–H groups in total. The van der Waals surface area contributed by atoms with Crippen LogP contribution in [0.5, 0.6) is 17.2 Å². The van der Waals surface area contributed by atoms with Crippen molar-refractivity contribution in [3.05, 3.63) is 48.0 Å². The van der Waals surface area contributed by atoms with Gasteiger partial charge in [-0.2, -0.15) is 12.6 Å². The maximum Gasteiger partial charge on any atom is 0.412 e. The molecule has 2 aromatic carbocycles. The monoisotopic (exact) mass is 493 g/mol. The molecule has 0 bridgehead atoms. The van der Waals surface area contributed by atoms with Gasteiger partial charge >= 0.3 is 12.1 Å². The van der Waals surface area contributed by atoms with Crippen LogP contribution in [0.15, 0.2) is 42.5 Å². The van der Waals surface area contributed by atoms with Gasteiger partial charge in [-0.05, 0) is 29.8 Å². The number of carbonyl (C=O) groups excluding carboxylic acids is 2. The van der Waals surface area contributed by atoms with Gasteiger partial charge in [-0.3, -0.25) is 10.1 Å². The number of thiol groups is 1. The van der Waals surface area contributed by atoms with Crippen LogP contribution in [0.4, 0.5) is 10.5 Å². The molecule has 0 spiro atoms. The van der Waals surface area contributed by atoms with Crippen LogP contribution >= 0.6 is 12.6 Å². The first-order valence-corrected chi connectivity index (χ1v) is 11.2. The highest BCUT2D eigenvalue weighted by molar-refractivity contribution is 7.81. The summed E-state index contributed by atoms with van der Waals surface area (Å²) >= 11 is 3.89. The standard InChI is InChI=1S/C23H27NO9S/c1-28-19(7-9-30-21(26)13-34)22(15-3-2-4-17(11-15)29-10-8-25)33-23(27)24-16-5-6-18-20(12-16)32-14-31-18/h2-6,11-12,19,22,25,34H,7-10,13-14H2,1H3,(H,24,27)/t19-,22-/m1/s1. The van der Waals surface area contributed by atoms with Gasteiger partial charge in [0.05, 0.1) is 19.0 Å². The van der Waals surface area contributed by atoms with Gasteiger partial charge < -0.3 is 33.5 Å². The van der Waals surface area contributed by atoms with Crippen molar-refractivity contribution in [2.24, 2.45) is 0 Å². The Morgan fingerprint density at radius 3 is 2.74 bits per heavy atom.